The van der Waals surface area contributed by atoms with Gasteiger partial charge in [-0.3, -0.25) is 0 Å². The monoisotopic (exact) mass is 185 g/mol. The largest absolute Gasteiger partial charge is 0.329 e. The average molecular weight is 185 g/mol. The molecule has 3 nitrogen and oxygen atoms in total. The van der Waals surface area contributed by atoms with Crippen molar-refractivity contribution in [3.05, 3.63) is 0 Å². The lowest BCUT2D eigenvalue weighted by molar-refractivity contribution is 0.201. The van der Waals surface area contributed by atoms with Gasteiger partial charge in [-0.05, 0) is 18.3 Å². The third kappa shape index (κ3) is 2.66. The van der Waals surface area contributed by atoms with Crippen LogP contribution in [0.1, 0.15) is 32.6 Å². The van der Waals surface area contributed by atoms with E-state index in [2.05, 4.69) is 6.92 Å². The molecule has 0 heterocycles. The molecule has 78 valence electrons. The molecule has 1 aliphatic carbocycles. The number of hydrogen-bond donors (Lipinski definition) is 3. The second-order valence-corrected chi connectivity index (χ2v) is 4.40. The molecule has 4 atom stereocenters. The molecule has 3 heteroatoms. The molecular weight excluding hydrogens is 162 g/mol. The summed E-state index contributed by atoms with van der Waals surface area (Å²) in [6.45, 7) is 2.79. The van der Waals surface area contributed by atoms with E-state index >= 15 is 0 Å². The van der Waals surface area contributed by atoms with Crippen LogP contribution in [0.25, 0.3) is 0 Å². The first-order valence-corrected chi connectivity index (χ1v) is 5.38. The Morgan fingerprint density at radius 3 is 2.38 bits per heavy atom. The van der Waals surface area contributed by atoms with Gasteiger partial charge in [0.2, 0.25) is 0 Å². The van der Waals surface area contributed by atoms with Gasteiger partial charge in [-0.1, -0.05) is 26.2 Å². The molecule has 0 saturated heterocycles. The van der Waals surface area contributed by atoms with E-state index in [0.717, 1.165) is 5.92 Å². The predicted molar refractivity (Wildman–Crippen MR) is 56.1 cm³/mol. The second kappa shape index (κ2) is 4.94. The van der Waals surface area contributed by atoms with E-state index in [9.17, 15) is 0 Å². The minimum absolute atomic E-state index is 0.0226. The zero-order valence-electron chi connectivity index (χ0n) is 8.58. The summed E-state index contributed by atoms with van der Waals surface area (Å²) in [4.78, 5) is 0. The molecule has 0 aromatic heterocycles. The highest BCUT2D eigenvalue weighted by Gasteiger charge is 2.29. The Morgan fingerprint density at radius 1 is 1.23 bits per heavy atom. The molecule has 0 spiro atoms. The summed E-state index contributed by atoms with van der Waals surface area (Å²) < 4.78 is 0. The van der Waals surface area contributed by atoms with Crippen LogP contribution in [-0.2, 0) is 0 Å². The van der Waals surface area contributed by atoms with Crippen molar-refractivity contribution in [3.8, 4) is 0 Å². The van der Waals surface area contributed by atoms with Crippen molar-refractivity contribution in [3.63, 3.8) is 0 Å². The Morgan fingerprint density at radius 2 is 1.85 bits per heavy atom. The van der Waals surface area contributed by atoms with Crippen molar-refractivity contribution in [1.82, 2.24) is 0 Å². The van der Waals surface area contributed by atoms with Crippen molar-refractivity contribution in [2.75, 3.05) is 6.54 Å². The van der Waals surface area contributed by atoms with E-state index in [0.29, 0.717) is 12.5 Å². The van der Waals surface area contributed by atoms with Crippen LogP contribution in [0.15, 0.2) is 0 Å². The molecule has 1 saturated carbocycles. The maximum absolute atomic E-state index is 6.09. The van der Waals surface area contributed by atoms with Crippen LogP contribution in [0.3, 0.4) is 0 Å². The zero-order valence-corrected chi connectivity index (χ0v) is 8.58. The van der Waals surface area contributed by atoms with Gasteiger partial charge in [-0.15, -0.1) is 0 Å². The molecule has 0 aliphatic heterocycles. The number of nitrogens with two attached hydrogens (primary N) is 3. The molecule has 1 aliphatic rings. The maximum Gasteiger partial charge on any atom is 0.0319 e. The molecule has 4 unspecified atom stereocenters. The quantitative estimate of drug-likeness (QED) is 0.596. The third-order valence-corrected chi connectivity index (χ3v) is 3.44. The Balaban J connectivity index is 2.47. The van der Waals surface area contributed by atoms with Gasteiger partial charge in [-0.25, -0.2) is 0 Å². The maximum atomic E-state index is 6.09. The Kier molecular flexibility index (Phi) is 4.16. The van der Waals surface area contributed by atoms with E-state index in [1.165, 1.54) is 25.7 Å². The number of rotatable bonds is 3. The highest BCUT2D eigenvalue weighted by molar-refractivity contribution is 4.87. The topological polar surface area (TPSA) is 78.1 Å². The van der Waals surface area contributed by atoms with Gasteiger partial charge in [0, 0.05) is 18.6 Å². The van der Waals surface area contributed by atoms with Gasteiger partial charge in [0.05, 0.1) is 0 Å². The lowest BCUT2D eigenvalue weighted by Gasteiger charge is -2.35. The van der Waals surface area contributed by atoms with Crippen LogP contribution in [0.2, 0.25) is 0 Å². The first-order chi connectivity index (χ1) is 6.16. The first-order valence-electron chi connectivity index (χ1n) is 5.38. The predicted octanol–water partition coefficient (Wildman–Crippen LogP) is 0.426. The van der Waals surface area contributed by atoms with Crippen LogP contribution in [0.5, 0.6) is 0 Å². The molecule has 1 fully saturated rings. The zero-order chi connectivity index (χ0) is 9.84. The Labute approximate surface area is 81.0 Å². The molecule has 0 bridgehead atoms. The molecule has 0 amide bonds. The van der Waals surface area contributed by atoms with E-state index in [4.69, 9.17) is 17.2 Å². The highest BCUT2D eigenvalue weighted by atomic mass is 14.8. The van der Waals surface area contributed by atoms with Crippen LogP contribution >= 0.6 is 0 Å². The fourth-order valence-electron chi connectivity index (χ4n) is 2.39. The summed E-state index contributed by atoms with van der Waals surface area (Å²) in [7, 11) is 0. The normalized spacial score (nSPS) is 34.2. The lowest BCUT2D eigenvalue weighted by atomic mass is 9.74. The smallest absolute Gasteiger partial charge is 0.0319 e. The summed E-state index contributed by atoms with van der Waals surface area (Å²) in [5, 5.41) is 0. The molecule has 0 aromatic carbocycles. The van der Waals surface area contributed by atoms with Gasteiger partial charge < -0.3 is 17.2 Å². The lowest BCUT2D eigenvalue weighted by Crippen LogP contribution is -2.52. The van der Waals surface area contributed by atoms with Crippen LogP contribution in [-0.4, -0.2) is 18.6 Å². The van der Waals surface area contributed by atoms with E-state index in [-0.39, 0.29) is 12.1 Å². The van der Waals surface area contributed by atoms with Crippen molar-refractivity contribution in [2.24, 2.45) is 29.0 Å². The summed E-state index contributed by atoms with van der Waals surface area (Å²) in [6, 6.07) is 0.0749. The van der Waals surface area contributed by atoms with E-state index < -0.39 is 0 Å². The van der Waals surface area contributed by atoms with Crippen molar-refractivity contribution < 1.29 is 0 Å². The molecule has 13 heavy (non-hydrogen) atoms. The Bertz CT molecular complexity index is 149. The van der Waals surface area contributed by atoms with Gasteiger partial charge >= 0.3 is 0 Å². The minimum Gasteiger partial charge on any atom is -0.329 e. The van der Waals surface area contributed by atoms with Crippen LogP contribution < -0.4 is 17.2 Å². The number of hydrogen-bond acceptors (Lipinski definition) is 3. The molecule has 0 radical (unpaired) electrons. The summed E-state index contributed by atoms with van der Waals surface area (Å²) in [5.41, 5.74) is 17.5. The van der Waals surface area contributed by atoms with Crippen LogP contribution in [0.4, 0.5) is 0 Å². The van der Waals surface area contributed by atoms with Gasteiger partial charge in [0.25, 0.3) is 0 Å². The Hall–Kier alpha value is -0.120. The highest BCUT2D eigenvalue weighted by Crippen LogP contribution is 2.31. The summed E-state index contributed by atoms with van der Waals surface area (Å²) in [5.74, 6) is 1.31. The third-order valence-electron chi connectivity index (χ3n) is 3.44. The first kappa shape index (κ1) is 11.0. The van der Waals surface area contributed by atoms with Crippen molar-refractivity contribution in [1.29, 1.82) is 0 Å². The van der Waals surface area contributed by atoms with Crippen LogP contribution in [0, 0.1) is 11.8 Å². The fraction of sp³-hybridized carbons (Fsp3) is 1.00. The molecule has 1 rings (SSSR count). The van der Waals surface area contributed by atoms with Gasteiger partial charge in [0.15, 0.2) is 0 Å². The SMILES string of the molecule is CC1CCCCC1C(N)C(N)CN. The fourth-order valence-corrected chi connectivity index (χ4v) is 2.39. The second-order valence-electron chi connectivity index (χ2n) is 4.40. The minimum atomic E-state index is -0.0226. The standard InChI is InChI=1S/C10H23N3/c1-7-4-2-3-5-8(7)10(13)9(12)6-11/h7-10H,2-6,11-13H2,1H3. The van der Waals surface area contributed by atoms with Gasteiger partial charge in [0.1, 0.15) is 0 Å². The molecule has 0 aromatic rings. The van der Waals surface area contributed by atoms with E-state index in [1.54, 1.807) is 0 Å². The summed E-state index contributed by atoms with van der Waals surface area (Å²) >= 11 is 0. The average Bonchev–Trinajstić information content (AvgIpc) is 2.16. The van der Waals surface area contributed by atoms with Crippen molar-refractivity contribution >= 4 is 0 Å². The molecule has 6 N–H and O–H groups in total. The summed E-state index contributed by atoms with van der Waals surface area (Å²) in [6.07, 6.45) is 5.19. The van der Waals surface area contributed by atoms with Gasteiger partial charge in [-0.2, -0.15) is 0 Å². The van der Waals surface area contributed by atoms with Crippen molar-refractivity contribution in [2.45, 2.75) is 44.7 Å². The van der Waals surface area contributed by atoms with E-state index in [1.807, 2.05) is 0 Å². The molecular formula is C10H23N3.